The molecule has 0 saturated heterocycles. The van der Waals surface area contributed by atoms with Crippen molar-refractivity contribution in [2.24, 2.45) is 0 Å². The molecule has 282 valence electrons. The maximum Gasteiger partial charge on any atom is 0.297 e. The minimum Gasteiger partial charge on any atom is -0.218 e. The van der Waals surface area contributed by atoms with Crippen LogP contribution in [0.3, 0.4) is 0 Å². The van der Waals surface area contributed by atoms with E-state index in [1.165, 1.54) is 61.6 Å². The number of allylic oxidation sites excluding steroid dienone is 1. The molecule has 3 aromatic heterocycles. The normalized spacial score (nSPS) is 17.2. The van der Waals surface area contributed by atoms with Gasteiger partial charge in [-0.15, -0.1) is 11.3 Å². The summed E-state index contributed by atoms with van der Waals surface area (Å²) in [6.07, 6.45) is 5.42. The highest BCUT2D eigenvalue weighted by molar-refractivity contribution is 7.26. The maximum atomic E-state index is 15.1. The monoisotopic (exact) mass is 793 g/mol. The van der Waals surface area contributed by atoms with Crippen LogP contribution in [-0.4, -0.2) is 12.6 Å². The van der Waals surface area contributed by atoms with Crippen molar-refractivity contribution in [3.05, 3.63) is 181 Å². The van der Waals surface area contributed by atoms with Crippen LogP contribution in [-0.2, 0) is 6.42 Å². The van der Waals surface area contributed by atoms with E-state index >= 15 is 8.78 Å². The van der Waals surface area contributed by atoms with Gasteiger partial charge in [0.1, 0.15) is 23.4 Å². The Kier molecular flexibility index (Phi) is 7.88. The van der Waals surface area contributed by atoms with Crippen LogP contribution in [0.4, 0.5) is 8.78 Å². The van der Waals surface area contributed by atoms with E-state index in [0.717, 1.165) is 38.9 Å². The van der Waals surface area contributed by atoms with Crippen molar-refractivity contribution in [1.82, 2.24) is 4.57 Å². The van der Waals surface area contributed by atoms with Gasteiger partial charge in [0.25, 0.3) is 5.82 Å². The Bertz CT molecular complexity index is 3140. The Morgan fingerprint density at radius 2 is 1.50 bits per heavy atom. The molecule has 7 heteroatoms. The summed E-state index contributed by atoms with van der Waals surface area (Å²) in [5.41, 5.74) is 10.3. The van der Waals surface area contributed by atoms with Crippen molar-refractivity contribution < 1.29 is 17.9 Å². The Morgan fingerprint density at radius 1 is 0.759 bits per heavy atom. The van der Waals surface area contributed by atoms with Crippen LogP contribution in [0.25, 0.3) is 70.7 Å². The molecule has 6 aromatic carbocycles. The zero-order chi connectivity index (χ0) is 39.4. The number of hydrogen-bond acceptors (Lipinski definition) is 1. The second-order valence-electron chi connectivity index (χ2n) is 16.8. The highest BCUT2D eigenvalue weighted by Crippen LogP contribution is 2.51. The summed E-state index contributed by atoms with van der Waals surface area (Å²) < 4.78 is 39.9. The van der Waals surface area contributed by atoms with E-state index in [9.17, 15) is 0 Å². The molecule has 0 aliphatic carbocycles. The number of rotatable bonds is 5. The minimum absolute atomic E-state index is 0.00900. The number of hydrogen-bond donors (Lipinski definition) is 0. The maximum absolute atomic E-state index is 15.1. The van der Waals surface area contributed by atoms with Crippen molar-refractivity contribution >= 4 is 55.8 Å². The number of aromatic nitrogens is 3. The van der Waals surface area contributed by atoms with Crippen LogP contribution >= 0.6 is 11.3 Å². The molecular weight excluding hydrogens is 753 g/mol. The predicted molar refractivity (Wildman–Crippen MR) is 237 cm³/mol. The highest BCUT2D eigenvalue weighted by Gasteiger charge is 2.50. The lowest BCUT2D eigenvalue weighted by atomic mass is 9.75. The van der Waals surface area contributed by atoms with Crippen molar-refractivity contribution in [2.75, 3.05) is 0 Å². The van der Waals surface area contributed by atoms with E-state index in [4.69, 9.17) is 0 Å². The number of nitrogens with zero attached hydrogens (tertiary/aromatic N) is 3. The third-order valence-electron chi connectivity index (χ3n) is 12.6. The second kappa shape index (κ2) is 13.0. The Hall–Kier alpha value is -6.02. The minimum atomic E-state index is -1.63. The van der Waals surface area contributed by atoms with Crippen LogP contribution < -0.4 is 14.3 Å². The van der Waals surface area contributed by atoms with Crippen molar-refractivity contribution in [3.63, 3.8) is 0 Å². The SMILES string of the molecule is C=CC1C(C2Cc3ccc4c(sc5cc(-c6c(F)cccc6F)ccc54)c3-c3n(-c4ccccc4)c4ccccc4[n+]32)c2ccccc2-c2ccc([Si](C)(C)C)c[n+]21. The van der Waals surface area contributed by atoms with E-state index < -0.39 is 19.7 Å². The molecule has 2 aliphatic heterocycles. The van der Waals surface area contributed by atoms with Gasteiger partial charge in [-0.1, -0.05) is 111 Å². The van der Waals surface area contributed by atoms with Crippen LogP contribution in [0.2, 0.25) is 19.6 Å². The lowest BCUT2D eigenvalue weighted by Gasteiger charge is -2.36. The summed E-state index contributed by atoms with van der Waals surface area (Å²) in [5, 5.41) is 3.65. The molecule has 3 nitrogen and oxygen atoms in total. The molecule has 0 spiro atoms. The van der Waals surface area contributed by atoms with E-state index in [2.05, 4.69) is 155 Å². The van der Waals surface area contributed by atoms with Crippen molar-refractivity contribution in [3.8, 4) is 39.5 Å². The lowest BCUT2D eigenvalue weighted by Crippen LogP contribution is -2.57. The van der Waals surface area contributed by atoms with E-state index in [1.54, 1.807) is 11.3 Å². The highest BCUT2D eigenvalue weighted by atomic mass is 32.1. The van der Waals surface area contributed by atoms with Crippen molar-refractivity contribution in [1.29, 1.82) is 0 Å². The van der Waals surface area contributed by atoms with E-state index in [-0.39, 0.29) is 23.6 Å². The molecule has 0 N–H and O–H groups in total. The molecule has 0 amide bonds. The molecule has 3 atom stereocenters. The predicted octanol–water partition coefficient (Wildman–Crippen LogP) is 12.0. The molecule has 3 unspecified atom stereocenters. The van der Waals surface area contributed by atoms with Crippen LogP contribution in [0.5, 0.6) is 0 Å². The van der Waals surface area contributed by atoms with Gasteiger partial charge in [-0.25, -0.2) is 13.3 Å². The van der Waals surface area contributed by atoms with Crippen LogP contribution in [0.15, 0.2) is 158 Å². The molecule has 58 heavy (non-hydrogen) atoms. The fraction of sp³-hybridized carbons (Fsp3) is 0.137. The van der Waals surface area contributed by atoms with Gasteiger partial charge >= 0.3 is 0 Å². The first-order valence-corrected chi connectivity index (χ1v) is 24.3. The Balaban J connectivity index is 1.21. The fourth-order valence-corrected chi connectivity index (χ4v) is 12.4. The number of para-hydroxylation sites is 3. The summed E-state index contributed by atoms with van der Waals surface area (Å²) in [6, 6.07) is 47.7. The number of pyridine rings is 1. The van der Waals surface area contributed by atoms with E-state index in [1.807, 2.05) is 18.2 Å². The fourth-order valence-electron chi connectivity index (χ4n) is 9.94. The summed E-state index contributed by atoms with van der Waals surface area (Å²) in [7, 11) is -1.63. The summed E-state index contributed by atoms with van der Waals surface area (Å²) in [5.74, 6) is 0.100. The molecule has 2 aliphatic rings. The zero-order valence-electron chi connectivity index (χ0n) is 32.6. The smallest absolute Gasteiger partial charge is 0.218 e. The third kappa shape index (κ3) is 5.12. The van der Waals surface area contributed by atoms with Gasteiger partial charge in [-0.3, -0.25) is 0 Å². The Labute approximate surface area is 341 Å². The van der Waals surface area contributed by atoms with Gasteiger partial charge in [0, 0.05) is 33.1 Å². The number of imidazole rings is 1. The summed E-state index contributed by atoms with van der Waals surface area (Å²) in [6.45, 7) is 11.8. The van der Waals surface area contributed by atoms with E-state index in [0.29, 0.717) is 5.56 Å². The second-order valence-corrected chi connectivity index (χ2v) is 22.9. The standard InChI is InChI=1S/C51H41F2N3SSi/c1-5-41-49(37-17-10-9-16-35(37)42-27-24-34(30-54(41)42)58(2,3)4)45-28-31-23-26-38-36-25-22-32(47-39(52)18-13-19-40(47)53)29-46(36)57-50(38)48(31)51-55(33-14-7-6-8-15-33)43-20-11-12-21-44(43)56(45)51/h5-27,29-30,41,45,49H,1,28H2,2-4H3/q+2. The number of halogens is 2. The number of fused-ring (bicyclic) bond motifs is 12. The molecule has 0 saturated carbocycles. The lowest BCUT2D eigenvalue weighted by molar-refractivity contribution is -0.737. The van der Waals surface area contributed by atoms with Gasteiger partial charge in [0.2, 0.25) is 5.69 Å². The third-order valence-corrected chi connectivity index (χ3v) is 15.8. The molecule has 0 radical (unpaired) electrons. The first kappa shape index (κ1) is 35.2. The molecule has 5 heterocycles. The molecule has 9 aromatic rings. The number of thiophene rings is 1. The van der Waals surface area contributed by atoms with Crippen LogP contribution in [0.1, 0.15) is 29.1 Å². The molecule has 0 bridgehead atoms. The topological polar surface area (TPSA) is 12.7 Å². The average molecular weight is 794 g/mol. The van der Waals surface area contributed by atoms with Gasteiger partial charge in [-0.05, 0) is 71.3 Å². The van der Waals surface area contributed by atoms with Crippen molar-refractivity contribution in [2.45, 2.75) is 44.1 Å². The first-order chi connectivity index (χ1) is 28.2. The molecule has 11 rings (SSSR count). The van der Waals surface area contributed by atoms with Gasteiger partial charge < -0.3 is 0 Å². The van der Waals surface area contributed by atoms with Gasteiger partial charge in [-0.2, -0.15) is 9.13 Å². The van der Waals surface area contributed by atoms with Crippen LogP contribution in [0, 0.1) is 11.6 Å². The Morgan fingerprint density at radius 3 is 2.29 bits per heavy atom. The average Bonchev–Trinajstić information content (AvgIpc) is 3.78. The number of benzene rings is 6. The summed E-state index contributed by atoms with van der Waals surface area (Å²) in [4.78, 5) is 0. The molecule has 0 fully saturated rings. The van der Waals surface area contributed by atoms with Gasteiger partial charge in [0.15, 0.2) is 23.3 Å². The summed E-state index contributed by atoms with van der Waals surface area (Å²) >= 11 is 1.71. The largest absolute Gasteiger partial charge is 0.297 e. The van der Waals surface area contributed by atoms with Gasteiger partial charge in [0.05, 0.1) is 35.4 Å². The zero-order valence-corrected chi connectivity index (χ0v) is 34.4. The first-order valence-electron chi connectivity index (χ1n) is 20.0. The quantitative estimate of drug-likeness (QED) is 0.0935. The molecular formula is C51H41F2N3SSi+2.